The molecule has 0 bridgehead atoms. The molecule has 2 aliphatic heterocycles. The zero-order chi connectivity index (χ0) is 18.8. The lowest BCUT2D eigenvalue weighted by molar-refractivity contribution is -0.152. The smallest absolute Gasteiger partial charge is 0.318 e. The highest BCUT2D eigenvalue weighted by atomic mass is 32.2. The van der Waals surface area contributed by atoms with Gasteiger partial charge in [0.05, 0.1) is 25.1 Å². The first-order valence-electron chi connectivity index (χ1n) is 8.30. The number of rotatable bonds is 6. The van der Waals surface area contributed by atoms with Gasteiger partial charge in [-0.3, -0.25) is 9.59 Å². The van der Waals surface area contributed by atoms with E-state index < -0.39 is 34.7 Å². The van der Waals surface area contributed by atoms with Crippen LogP contribution in [0.5, 0.6) is 0 Å². The Kier molecular flexibility index (Phi) is 6.41. The van der Waals surface area contributed by atoms with Crippen LogP contribution >= 0.6 is 0 Å². The number of carbonyl (C=O) groups excluding carboxylic acids is 1. The summed E-state index contributed by atoms with van der Waals surface area (Å²) < 4.78 is 35.6. The van der Waals surface area contributed by atoms with Gasteiger partial charge in [0, 0.05) is 19.6 Å². The highest BCUT2D eigenvalue weighted by Crippen LogP contribution is 2.27. The predicted octanol–water partition coefficient (Wildman–Crippen LogP) is -0.626. The van der Waals surface area contributed by atoms with Crippen molar-refractivity contribution in [1.82, 2.24) is 9.21 Å². The van der Waals surface area contributed by atoms with Crippen LogP contribution in [0.4, 0.5) is 0 Å². The third-order valence-corrected chi connectivity index (χ3v) is 5.70. The van der Waals surface area contributed by atoms with E-state index in [0.717, 1.165) is 17.0 Å². The summed E-state index contributed by atoms with van der Waals surface area (Å²) in [5, 5.41) is 8.89. The maximum absolute atomic E-state index is 12.7. The minimum atomic E-state index is -3.68. The molecule has 2 heterocycles. The predicted molar refractivity (Wildman–Crippen MR) is 88.5 cm³/mol. The molecule has 4 atom stereocenters. The molecule has 9 nitrogen and oxygen atoms in total. The fraction of sp³-hybridized carbons (Fsp3) is 0.867. The Morgan fingerprint density at radius 1 is 1.32 bits per heavy atom. The molecule has 4 unspecified atom stereocenters. The van der Waals surface area contributed by atoms with Gasteiger partial charge in [-0.15, -0.1) is 0 Å². The van der Waals surface area contributed by atoms with E-state index >= 15 is 0 Å². The fourth-order valence-corrected chi connectivity index (χ4v) is 4.08. The number of ether oxygens (including phenoxy) is 2. The van der Waals surface area contributed by atoms with Gasteiger partial charge in [-0.25, -0.2) is 8.42 Å². The lowest BCUT2D eigenvalue weighted by Crippen LogP contribution is -2.53. The molecule has 0 aromatic carbocycles. The Hall–Kier alpha value is -1.23. The molecule has 0 aromatic heterocycles. The number of sulfonamides is 1. The normalized spacial score (nSPS) is 30.6. The van der Waals surface area contributed by atoms with Gasteiger partial charge in [0.2, 0.25) is 10.0 Å². The lowest BCUT2D eigenvalue weighted by atomic mass is 10.0. The van der Waals surface area contributed by atoms with E-state index in [2.05, 4.69) is 0 Å². The van der Waals surface area contributed by atoms with Crippen molar-refractivity contribution >= 4 is 21.9 Å². The van der Waals surface area contributed by atoms with E-state index in [0.29, 0.717) is 6.54 Å². The number of nitrogens with zero attached hydrogens (tertiary/aromatic N) is 2. The SMILES string of the molecule is CC1CC(C)C(C(=O)N2CCOC(CN(CC(=O)O)S(C)(=O)=O)C2)O1. The minimum absolute atomic E-state index is 0.0390. The molecular formula is C15H26N2O7S. The summed E-state index contributed by atoms with van der Waals surface area (Å²) in [6.07, 6.45) is 0.763. The van der Waals surface area contributed by atoms with Crippen molar-refractivity contribution < 1.29 is 32.6 Å². The number of hydrogen-bond donors (Lipinski definition) is 1. The summed E-state index contributed by atoms with van der Waals surface area (Å²) >= 11 is 0. The van der Waals surface area contributed by atoms with Crippen LogP contribution in [0.1, 0.15) is 20.3 Å². The van der Waals surface area contributed by atoms with Crippen molar-refractivity contribution in [3.8, 4) is 0 Å². The van der Waals surface area contributed by atoms with Crippen molar-refractivity contribution in [3.05, 3.63) is 0 Å². The van der Waals surface area contributed by atoms with Crippen LogP contribution in [-0.4, -0.2) is 92.0 Å². The van der Waals surface area contributed by atoms with E-state index in [9.17, 15) is 18.0 Å². The molecule has 0 aliphatic carbocycles. The number of amides is 1. The average molecular weight is 378 g/mol. The van der Waals surface area contributed by atoms with Gasteiger partial charge >= 0.3 is 5.97 Å². The van der Waals surface area contributed by atoms with Gasteiger partial charge < -0.3 is 19.5 Å². The Bertz CT molecular complexity index is 609. The van der Waals surface area contributed by atoms with Gasteiger partial charge in [-0.05, 0) is 19.3 Å². The van der Waals surface area contributed by atoms with E-state index in [-0.39, 0.29) is 37.6 Å². The van der Waals surface area contributed by atoms with Crippen LogP contribution in [0.2, 0.25) is 0 Å². The number of carboxylic acid groups (broad SMARTS) is 1. The monoisotopic (exact) mass is 378 g/mol. The summed E-state index contributed by atoms with van der Waals surface area (Å²) in [4.78, 5) is 25.2. The first-order chi connectivity index (χ1) is 11.6. The van der Waals surface area contributed by atoms with Crippen LogP contribution in [-0.2, 0) is 29.1 Å². The molecular weight excluding hydrogens is 352 g/mol. The third-order valence-electron chi connectivity index (χ3n) is 4.48. The van der Waals surface area contributed by atoms with Crippen LogP contribution in [0.3, 0.4) is 0 Å². The molecule has 2 aliphatic rings. The molecule has 0 aromatic rings. The molecule has 1 N–H and O–H groups in total. The summed E-state index contributed by atoms with van der Waals surface area (Å²) in [5.41, 5.74) is 0. The second kappa shape index (κ2) is 7.98. The summed E-state index contributed by atoms with van der Waals surface area (Å²) in [5.74, 6) is -1.23. The second-order valence-corrected chi connectivity index (χ2v) is 8.79. The van der Waals surface area contributed by atoms with Gasteiger partial charge in [0.25, 0.3) is 5.91 Å². The van der Waals surface area contributed by atoms with Gasteiger partial charge in [0.15, 0.2) is 0 Å². The largest absolute Gasteiger partial charge is 0.480 e. The van der Waals surface area contributed by atoms with Crippen LogP contribution in [0.15, 0.2) is 0 Å². The van der Waals surface area contributed by atoms with Gasteiger partial charge in [-0.1, -0.05) is 6.92 Å². The van der Waals surface area contributed by atoms with E-state index in [4.69, 9.17) is 14.6 Å². The Morgan fingerprint density at radius 3 is 2.52 bits per heavy atom. The minimum Gasteiger partial charge on any atom is -0.480 e. The lowest BCUT2D eigenvalue weighted by Gasteiger charge is -2.36. The number of carbonyl (C=O) groups is 2. The fourth-order valence-electron chi connectivity index (χ4n) is 3.29. The number of morpholine rings is 1. The molecule has 144 valence electrons. The number of aliphatic carboxylic acids is 1. The molecule has 2 rings (SSSR count). The van der Waals surface area contributed by atoms with Crippen LogP contribution in [0, 0.1) is 5.92 Å². The Balaban J connectivity index is 2.00. The van der Waals surface area contributed by atoms with Gasteiger partial charge in [0.1, 0.15) is 12.6 Å². The molecule has 0 spiro atoms. The van der Waals surface area contributed by atoms with Crippen LogP contribution in [0.25, 0.3) is 0 Å². The summed E-state index contributed by atoms with van der Waals surface area (Å²) in [7, 11) is -3.68. The molecule has 1 amide bonds. The first kappa shape index (κ1) is 20.1. The summed E-state index contributed by atoms with van der Waals surface area (Å²) in [6, 6.07) is 0. The van der Waals surface area contributed by atoms with Gasteiger partial charge in [-0.2, -0.15) is 4.31 Å². The summed E-state index contributed by atoms with van der Waals surface area (Å²) in [6.45, 7) is 4.07. The van der Waals surface area contributed by atoms with Crippen molar-refractivity contribution in [2.45, 2.75) is 38.6 Å². The van der Waals surface area contributed by atoms with E-state index in [1.54, 1.807) is 4.90 Å². The zero-order valence-electron chi connectivity index (χ0n) is 14.8. The maximum Gasteiger partial charge on any atom is 0.318 e. The Morgan fingerprint density at radius 2 is 2.00 bits per heavy atom. The first-order valence-corrected chi connectivity index (χ1v) is 10.2. The average Bonchev–Trinajstić information content (AvgIpc) is 2.83. The van der Waals surface area contributed by atoms with E-state index in [1.807, 2.05) is 13.8 Å². The second-order valence-electron chi connectivity index (χ2n) is 6.81. The molecule has 10 heteroatoms. The molecule has 25 heavy (non-hydrogen) atoms. The molecule has 0 saturated carbocycles. The standard InChI is InChI=1S/C15H26N2O7S/c1-10-6-11(2)24-14(10)15(20)16-4-5-23-12(7-16)8-17(9-13(18)19)25(3,21)22/h10-12,14H,4-9H2,1-3H3,(H,18,19). The number of carboxylic acids is 1. The quantitative estimate of drug-likeness (QED) is 0.655. The van der Waals surface area contributed by atoms with Crippen molar-refractivity contribution in [3.63, 3.8) is 0 Å². The topological polar surface area (TPSA) is 113 Å². The van der Waals surface area contributed by atoms with Crippen molar-refractivity contribution in [2.24, 2.45) is 5.92 Å². The number of hydrogen-bond acceptors (Lipinski definition) is 6. The van der Waals surface area contributed by atoms with Crippen molar-refractivity contribution in [2.75, 3.05) is 39.0 Å². The Labute approximate surface area is 147 Å². The highest BCUT2D eigenvalue weighted by Gasteiger charge is 2.39. The zero-order valence-corrected chi connectivity index (χ0v) is 15.6. The van der Waals surface area contributed by atoms with Crippen molar-refractivity contribution in [1.29, 1.82) is 0 Å². The highest BCUT2D eigenvalue weighted by molar-refractivity contribution is 7.88. The molecule has 0 radical (unpaired) electrons. The third kappa shape index (κ3) is 5.37. The molecule has 2 fully saturated rings. The van der Waals surface area contributed by atoms with Crippen LogP contribution < -0.4 is 0 Å². The van der Waals surface area contributed by atoms with E-state index in [1.165, 1.54) is 0 Å². The maximum atomic E-state index is 12.7. The molecule has 2 saturated heterocycles.